The molecule has 1 heterocycles. The Morgan fingerprint density at radius 3 is 2.25 bits per heavy atom. The van der Waals surface area contributed by atoms with Crippen LogP contribution in [0.3, 0.4) is 0 Å². The van der Waals surface area contributed by atoms with Crippen LogP contribution in [0.5, 0.6) is 0 Å². The number of ketones is 1. The van der Waals surface area contributed by atoms with Gasteiger partial charge < -0.3 is 5.32 Å². The molecule has 8 heteroatoms. The van der Waals surface area contributed by atoms with Gasteiger partial charge in [-0.05, 0) is 24.3 Å². The van der Waals surface area contributed by atoms with E-state index in [1.165, 1.54) is 12.1 Å². The van der Waals surface area contributed by atoms with Crippen LogP contribution in [-0.2, 0) is 6.18 Å². The zero-order valence-corrected chi connectivity index (χ0v) is 14.9. The lowest BCUT2D eigenvalue weighted by atomic mass is 10.0. The minimum Gasteiger partial charge on any atom is -0.321 e. The number of rotatable bonds is 4. The van der Waals surface area contributed by atoms with E-state index in [1.54, 1.807) is 42.5 Å². The summed E-state index contributed by atoms with van der Waals surface area (Å²) in [6.45, 7) is 0. The van der Waals surface area contributed by atoms with Crippen molar-refractivity contribution in [1.82, 2.24) is 4.98 Å². The van der Waals surface area contributed by atoms with E-state index in [0.717, 1.165) is 0 Å². The van der Waals surface area contributed by atoms with Crippen LogP contribution in [-0.4, -0.2) is 16.7 Å². The number of benzene rings is 2. The second kappa shape index (κ2) is 7.82. The highest BCUT2D eigenvalue weighted by Crippen LogP contribution is 2.31. The third-order valence-electron chi connectivity index (χ3n) is 3.77. The van der Waals surface area contributed by atoms with Crippen molar-refractivity contribution in [3.8, 4) is 0 Å². The number of aromatic nitrogens is 1. The number of halogens is 4. The zero-order valence-electron chi connectivity index (χ0n) is 14.1. The topological polar surface area (TPSA) is 59.1 Å². The molecule has 0 saturated heterocycles. The normalized spacial score (nSPS) is 11.1. The molecule has 0 fully saturated rings. The molecular weight excluding hydrogens is 393 g/mol. The molecule has 28 heavy (non-hydrogen) atoms. The van der Waals surface area contributed by atoms with Gasteiger partial charge in [0.25, 0.3) is 5.91 Å². The number of pyridine rings is 1. The summed E-state index contributed by atoms with van der Waals surface area (Å²) in [6.07, 6.45) is -4.66. The third-order valence-corrected chi connectivity index (χ3v) is 3.97. The van der Waals surface area contributed by atoms with Gasteiger partial charge in [0.15, 0.2) is 5.78 Å². The third kappa shape index (κ3) is 4.55. The fourth-order valence-corrected chi connectivity index (χ4v) is 2.67. The van der Waals surface area contributed by atoms with Crippen LogP contribution in [0.2, 0.25) is 5.15 Å². The molecule has 1 N–H and O–H groups in total. The molecule has 0 bridgehead atoms. The molecular formula is C20H12ClF3N2O2. The van der Waals surface area contributed by atoms with Gasteiger partial charge in [0, 0.05) is 16.8 Å². The van der Waals surface area contributed by atoms with Crippen molar-refractivity contribution in [2.75, 3.05) is 5.32 Å². The number of anilines is 1. The molecule has 4 nitrogen and oxygen atoms in total. The molecule has 0 atom stereocenters. The van der Waals surface area contributed by atoms with Crippen LogP contribution < -0.4 is 5.32 Å². The van der Waals surface area contributed by atoms with E-state index in [-0.39, 0.29) is 11.5 Å². The number of carbonyl (C=O) groups is 2. The number of hydrogen-bond donors (Lipinski definition) is 1. The Bertz CT molecular complexity index is 1040. The number of nitrogens with one attached hydrogen (secondary N) is 1. The predicted molar refractivity (Wildman–Crippen MR) is 98.5 cm³/mol. The van der Waals surface area contributed by atoms with Crippen molar-refractivity contribution < 1.29 is 22.8 Å². The zero-order chi connectivity index (χ0) is 20.3. The number of nitrogens with zero attached hydrogens (tertiary/aromatic N) is 1. The maximum atomic E-state index is 12.9. The lowest BCUT2D eigenvalue weighted by Crippen LogP contribution is -2.16. The van der Waals surface area contributed by atoms with Gasteiger partial charge in [-0.2, -0.15) is 13.2 Å². The SMILES string of the molecule is O=C(c1ccccc1)c1cccc(NC(=O)c2cc(C(F)(F)F)cc(Cl)n2)c1. The summed E-state index contributed by atoms with van der Waals surface area (Å²) >= 11 is 5.60. The van der Waals surface area contributed by atoms with E-state index in [0.29, 0.717) is 23.3 Å². The van der Waals surface area contributed by atoms with E-state index in [2.05, 4.69) is 10.3 Å². The van der Waals surface area contributed by atoms with E-state index in [9.17, 15) is 22.8 Å². The van der Waals surface area contributed by atoms with Gasteiger partial charge >= 0.3 is 6.18 Å². The van der Waals surface area contributed by atoms with Crippen molar-refractivity contribution in [3.63, 3.8) is 0 Å². The minimum absolute atomic E-state index is 0.238. The van der Waals surface area contributed by atoms with Gasteiger partial charge in [0.1, 0.15) is 10.8 Å². The predicted octanol–water partition coefficient (Wildman–Crippen LogP) is 5.24. The number of amides is 1. The summed E-state index contributed by atoms with van der Waals surface area (Å²) in [6, 6.07) is 15.9. The summed E-state index contributed by atoms with van der Waals surface area (Å²) in [5, 5.41) is 1.98. The largest absolute Gasteiger partial charge is 0.416 e. The van der Waals surface area contributed by atoms with Gasteiger partial charge in [-0.3, -0.25) is 9.59 Å². The molecule has 0 aliphatic heterocycles. The lowest BCUT2D eigenvalue weighted by Gasteiger charge is -2.10. The lowest BCUT2D eigenvalue weighted by molar-refractivity contribution is -0.137. The monoisotopic (exact) mass is 404 g/mol. The molecule has 0 unspecified atom stereocenters. The summed E-state index contributed by atoms with van der Waals surface area (Å²) in [5.41, 5.74) is -0.538. The van der Waals surface area contributed by atoms with Crippen LogP contribution in [0.4, 0.5) is 18.9 Å². The highest BCUT2D eigenvalue weighted by Gasteiger charge is 2.32. The Labute approximate surface area is 163 Å². The quantitative estimate of drug-likeness (QED) is 0.478. The van der Waals surface area contributed by atoms with Crippen LogP contribution >= 0.6 is 11.6 Å². The molecule has 1 aromatic heterocycles. The van der Waals surface area contributed by atoms with Crippen LogP contribution in [0.25, 0.3) is 0 Å². The van der Waals surface area contributed by atoms with E-state index in [4.69, 9.17) is 11.6 Å². The van der Waals surface area contributed by atoms with Gasteiger partial charge in [0.05, 0.1) is 5.56 Å². The molecule has 0 saturated carbocycles. The fourth-order valence-electron chi connectivity index (χ4n) is 2.47. The molecule has 0 radical (unpaired) electrons. The smallest absolute Gasteiger partial charge is 0.321 e. The average molecular weight is 405 g/mol. The van der Waals surface area contributed by atoms with E-state index < -0.39 is 28.5 Å². The molecule has 3 rings (SSSR count). The Hall–Kier alpha value is -3.19. The van der Waals surface area contributed by atoms with Gasteiger partial charge in [-0.1, -0.05) is 54.1 Å². The van der Waals surface area contributed by atoms with Crippen molar-refractivity contribution in [2.45, 2.75) is 6.18 Å². The highest BCUT2D eigenvalue weighted by atomic mass is 35.5. The van der Waals surface area contributed by atoms with Crippen LogP contribution in [0.1, 0.15) is 32.0 Å². The second-order valence-electron chi connectivity index (χ2n) is 5.79. The van der Waals surface area contributed by atoms with Gasteiger partial charge in [-0.15, -0.1) is 0 Å². The molecule has 142 valence electrons. The second-order valence-corrected chi connectivity index (χ2v) is 6.18. The first kappa shape index (κ1) is 19.6. The Morgan fingerprint density at radius 2 is 1.57 bits per heavy atom. The van der Waals surface area contributed by atoms with Gasteiger partial charge in [0.2, 0.25) is 0 Å². The summed E-state index contributed by atoms with van der Waals surface area (Å²) < 4.78 is 38.7. The van der Waals surface area contributed by atoms with Crippen LogP contribution in [0, 0.1) is 0 Å². The van der Waals surface area contributed by atoms with Crippen molar-refractivity contribution in [1.29, 1.82) is 0 Å². The Kier molecular flexibility index (Phi) is 5.46. The maximum absolute atomic E-state index is 12.9. The van der Waals surface area contributed by atoms with E-state index >= 15 is 0 Å². The molecule has 1 amide bonds. The summed E-state index contributed by atoms with van der Waals surface area (Å²) in [5.74, 6) is -1.13. The first-order chi connectivity index (χ1) is 13.2. The first-order valence-corrected chi connectivity index (χ1v) is 8.38. The Morgan fingerprint density at radius 1 is 0.893 bits per heavy atom. The minimum atomic E-state index is -4.66. The number of carbonyl (C=O) groups excluding carboxylic acids is 2. The van der Waals surface area contributed by atoms with Gasteiger partial charge in [-0.25, -0.2) is 4.98 Å². The standard InChI is InChI=1S/C20H12ClF3N2O2/c21-17-11-14(20(22,23)24)10-16(26-17)19(28)25-15-8-4-7-13(9-15)18(27)12-5-2-1-3-6-12/h1-11H,(H,25,28). The molecule has 3 aromatic rings. The summed E-state index contributed by atoms with van der Waals surface area (Å²) in [7, 11) is 0. The highest BCUT2D eigenvalue weighted by molar-refractivity contribution is 6.29. The summed E-state index contributed by atoms with van der Waals surface area (Å²) in [4.78, 5) is 28.4. The molecule has 0 aliphatic rings. The fraction of sp³-hybridized carbons (Fsp3) is 0.0500. The van der Waals surface area contributed by atoms with Crippen molar-refractivity contribution >= 4 is 29.0 Å². The Balaban J connectivity index is 1.84. The van der Waals surface area contributed by atoms with Crippen LogP contribution in [0.15, 0.2) is 66.7 Å². The average Bonchev–Trinajstić information content (AvgIpc) is 2.67. The number of hydrogen-bond acceptors (Lipinski definition) is 3. The molecule has 0 spiro atoms. The molecule has 2 aromatic carbocycles. The van der Waals surface area contributed by atoms with Crippen molar-refractivity contribution in [3.05, 3.63) is 94.3 Å². The maximum Gasteiger partial charge on any atom is 0.416 e. The molecule has 0 aliphatic carbocycles. The van der Waals surface area contributed by atoms with Crippen molar-refractivity contribution in [2.24, 2.45) is 0 Å². The van der Waals surface area contributed by atoms with E-state index in [1.807, 2.05) is 0 Å². The number of alkyl halides is 3. The first-order valence-electron chi connectivity index (χ1n) is 8.00.